The molecule has 32 heavy (non-hydrogen) atoms. The second-order valence-corrected chi connectivity index (χ2v) is 9.91. The normalized spacial score (nSPS) is 22.9. The Balaban J connectivity index is 1.20. The molecule has 0 spiro atoms. The van der Waals surface area contributed by atoms with Gasteiger partial charge in [0, 0.05) is 43.4 Å². The summed E-state index contributed by atoms with van der Waals surface area (Å²) in [6.07, 6.45) is 7.96. The summed E-state index contributed by atoms with van der Waals surface area (Å²) in [5.74, 6) is 1.25. The summed E-state index contributed by atoms with van der Waals surface area (Å²) >= 11 is 1.65. The van der Waals surface area contributed by atoms with E-state index in [9.17, 15) is 9.59 Å². The van der Waals surface area contributed by atoms with Crippen molar-refractivity contribution in [2.45, 2.75) is 44.6 Å². The lowest BCUT2D eigenvalue weighted by Crippen LogP contribution is -2.52. The molecule has 1 unspecified atom stereocenters. The van der Waals surface area contributed by atoms with Crippen LogP contribution in [0.4, 0.5) is 0 Å². The zero-order valence-corrected chi connectivity index (χ0v) is 19.1. The van der Waals surface area contributed by atoms with Crippen LogP contribution in [0.1, 0.15) is 55.2 Å². The predicted octanol–water partition coefficient (Wildman–Crippen LogP) is 3.74. The van der Waals surface area contributed by atoms with Gasteiger partial charge in [-0.25, -0.2) is 5.01 Å². The molecule has 1 saturated carbocycles. The van der Waals surface area contributed by atoms with Gasteiger partial charge in [0.1, 0.15) is 11.5 Å². The SMILES string of the molecule is O=C(C1CCCCC1)N1CCN(CC(=O)N2N=C(c3ccco3)CC2c2cccs2)CC1. The first kappa shape index (κ1) is 21.4. The van der Waals surface area contributed by atoms with Crippen molar-refractivity contribution in [1.82, 2.24) is 14.8 Å². The molecule has 0 radical (unpaired) electrons. The Morgan fingerprint density at radius 1 is 1.06 bits per heavy atom. The van der Waals surface area contributed by atoms with Crippen LogP contribution in [0.3, 0.4) is 0 Å². The predicted molar refractivity (Wildman–Crippen MR) is 123 cm³/mol. The molecule has 2 amide bonds. The van der Waals surface area contributed by atoms with Gasteiger partial charge in [-0.2, -0.15) is 5.10 Å². The summed E-state index contributed by atoms with van der Waals surface area (Å²) in [4.78, 5) is 31.4. The van der Waals surface area contributed by atoms with Crippen LogP contribution in [0.5, 0.6) is 0 Å². The minimum absolute atomic E-state index is 0.00277. The van der Waals surface area contributed by atoms with Crippen LogP contribution < -0.4 is 0 Å². The molecule has 2 aromatic heterocycles. The smallest absolute Gasteiger partial charge is 0.257 e. The summed E-state index contributed by atoms with van der Waals surface area (Å²) in [6.45, 7) is 3.20. The highest BCUT2D eigenvalue weighted by Crippen LogP contribution is 2.35. The Morgan fingerprint density at radius 2 is 1.88 bits per heavy atom. The fourth-order valence-corrected chi connectivity index (χ4v) is 5.84. The molecule has 0 N–H and O–H groups in total. The van der Waals surface area contributed by atoms with E-state index in [4.69, 9.17) is 4.42 Å². The molecule has 2 aliphatic heterocycles. The van der Waals surface area contributed by atoms with E-state index < -0.39 is 0 Å². The van der Waals surface area contributed by atoms with Crippen molar-refractivity contribution in [3.8, 4) is 0 Å². The minimum Gasteiger partial charge on any atom is -0.463 e. The van der Waals surface area contributed by atoms with Crippen molar-refractivity contribution in [3.63, 3.8) is 0 Å². The molecule has 1 aliphatic carbocycles. The number of thiophene rings is 1. The standard InChI is InChI=1S/C24H30N4O3S/c29-23(17-26-10-12-27(13-11-26)24(30)18-6-2-1-3-7-18)28-20(22-9-5-15-32-22)16-19(25-28)21-8-4-14-31-21/h4-5,8-9,14-15,18,20H,1-3,6-7,10-13,16-17H2. The average molecular weight is 455 g/mol. The second kappa shape index (κ2) is 9.58. The molecule has 170 valence electrons. The number of piperazine rings is 1. The van der Waals surface area contributed by atoms with Gasteiger partial charge in [-0.1, -0.05) is 25.3 Å². The van der Waals surface area contributed by atoms with Crippen LogP contribution in [0.15, 0.2) is 45.4 Å². The van der Waals surface area contributed by atoms with Gasteiger partial charge in [0.05, 0.1) is 18.8 Å². The van der Waals surface area contributed by atoms with E-state index in [0.717, 1.165) is 42.3 Å². The lowest BCUT2D eigenvalue weighted by Gasteiger charge is -2.37. The van der Waals surface area contributed by atoms with E-state index in [1.807, 2.05) is 28.5 Å². The lowest BCUT2D eigenvalue weighted by atomic mass is 9.88. The van der Waals surface area contributed by atoms with Gasteiger partial charge in [0.25, 0.3) is 5.91 Å². The zero-order valence-electron chi connectivity index (χ0n) is 18.3. The van der Waals surface area contributed by atoms with Crippen molar-refractivity contribution < 1.29 is 14.0 Å². The molecule has 3 aliphatic rings. The average Bonchev–Trinajstić information content (AvgIpc) is 3.61. The van der Waals surface area contributed by atoms with Gasteiger partial charge >= 0.3 is 0 Å². The molecule has 5 rings (SSSR count). The lowest BCUT2D eigenvalue weighted by molar-refractivity contribution is -0.139. The molecule has 8 heteroatoms. The third kappa shape index (κ3) is 4.52. The van der Waals surface area contributed by atoms with Crippen molar-refractivity contribution in [2.24, 2.45) is 11.0 Å². The van der Waals surface area contributed by atoms with Gasteiger partial charge < -0.3 is 9.32 Å². The first-order valence-corrected chi connectivity index (χ1v) is 12.5. The van der Waals surface area contributed by atoms with E-state index in [1.54, 1.807) is 22.6 Å². The van der Waals surface area contributed by atoms with Crippen LogP contribution in [-0.2, 0) is 9.59 Å². The molecule has 1 saturated heterocycles. The highest BCUT2D eigenvalue weighted by Gasteiger charge is 2.36. The number of carbonyl (C=O) groups excluding carboxylic acids is 2. The summed E-state index contributed by atoms with van der Waals surface area (Å²) in [5.41, 5.74) is 0.810. The second-order valence-electron chi connectivity index (χ2n) is 8.93. The summed E-state index contributed by atoms with van der Waals surface area (Å²) in [6, 6.07) is 7.72. The van der Waals surface area contributed by atoms with Gasteiger partial charge in [-0.3, -0.25) is 14.5 Å². The molecule has 0 bridgehead atoms. The van der Waals surface area contributed by atoms with Crippen molar-refractivity contribution in [1.29, 1.82) is 0 Å². The van der Waals surface area contributed by atoms with Gasteiger partial charge in [0.2, 0.25) is 5.91 Å². The van der Waals surface area contributed by atoms with Crippen molar-refractivity contribution >= 4 is 28.9 Å². The van der Waals surface area contributed by atoms with Gasteiger partial charge in [0.15, 0.2) is 0 Å². The zero-order chi connectivity index (χ0) is 21.9. The molecular weight excluding hydrogens is 424 g/mol. The fourth-order valence-electron chi connectivity index (χ4n) is 5.03. The summed E-state index contributed by atoms with van der Waals surface area (Å²) < 4.78 is 5.53. The maximum absolute atomic E-state index is 13.3. The number of hydrogen-bond donors (Lipinski definition) is 0. The Bertz CT molecular complexity index is 942. The van der Waals surface area contributed by atoms with Crippen LogP contribution in [0.25, 0.3) is 0 Å². The fraction of sp³-hybridized carbons (Fsp3) is 0.542. The van der Waals surface area contributed by atoms with Crippen LogP contribution in [0.2, 0.25) is 0 Å². The van der Waals surface area contributed by atoms with Gasteiger partial charge in [-0.15, -0.1) is 11.3 Å². The highest BCUT2D eigenvalue weighted by molar-refractivity contribution is 7.10. The molecule has 2 fully saturated rings. The molecule has 7 nitrogen and oxygen atoms in total. The number of nitrogens with zero attached hydrogens (tertiary/aromatic N) is 4. The van der Waals surface area contributed by atoms with Crippen molar-refractivity contribution in [3.05, 3.63) is 46.5 Å². The number of rotatable bonds is 5. The third-order valence-corrected chi connectivity index (χ3v) is 7.81. The maximum atomic E-state index is 13.3. The van der Waals surface area contributed by atoms with Crippen molar-refractivity contribution in [2.75, 3.05) is 32.7 Å². The van der Waals surface area contributed by atoms with E-state index in [-0.39, 0.29) is 17.9 Å². The number of carbonyl (C=O) groups is 2. The van der Waals surface area contributed by atoms with Gasteiger partial charge in [-0.05, 0) is 36.4 Å². The number of hydrazone groups is 1. The van der Waals surface area contributed by atoms with Crippen LogP contribution in [0, 0.1) is 5.92 Å². The van der Waals surface area contributed by atoms with E-state index in [0.29, 0.717) is 32.0 Å². The molecule has 1 atom stereocenters. The molecule has 2 aromatic rings. The van der Waals surface area contributed by atoms with Crippen LogP contribution in [-0.4, -0.2) is 65.1 Å². The molecular formula is C24H30N4O3S. The third-order valence-electron chi connectivity index (χ3n) is 6.84. The molecule has 0 aromatic carbocycles. The Morgan fingerprint density at radius 3 is 2.56 bits per heavy atom. The van der Waals surface area contributed by atoms with E-state index >= 15 is 0 Å². The number of hydrogen-bond acceptors (Lipinski definition) is 6. The largest absolute Gasteiger partial charge is 0.463 e. The number of amides is 2. The summed E-state index contributed by atoms with van der Waals surface area (Å²) in [7, 11) is 0. The first-order chi connectivity index (χ1) is 15.7. The van der Waals surface area contributed by atoms with E-state index in [1.165, 1.54) is 19.3 Å². The Kier molecular flexibility index (Phi) is 6.41. The monoisotopic (exact) mass is 454 g/mol. The summed E-state index contributed by atoms with van der Waals surface area (Å²) in [5, 5.41) is 8.34. The Hall–Kier alpha value is -2.45. The topological polar surface area (TPSA) is 69.4 Å². The quantitative estimate of drug-likeness (QED) is 0.690. The maximum Gasteiger partial charge on any atom is 0.257 e. The Labute approximate surface area is 192 Å². The van der Waals surface area contributed by atoms with E-state index in [2.05, 4.69) is 16.1 Å². The molecule has 4 heterocycles. The van der Waals surface area contributed by atoms with Crippen LogP contribution >= 0.6 is 11.3 Å². The number of furan rings is 1. The highest BCUT2D eigenvalue weighted by atomic mass is 32.1. The first-order valence-electron chi connectivity index (χ1n) is 11.7. The minimum atomic E-state index is -0.0863.